The lowest BCUT2D eigenvalue weighted by molar-refractivity contribution is -0.123. The zero-order chi connectivity index (χ0) is 16.1. The van der Waals surface area contributed by atoms with Crippen LogP contribution in [0, 0.1) is 13.8 Å². The third kappa shape index (κ3) is 4.71. The number of carbonyl (C=O) groups excluding carboxylic acids is 1. The molecule has 0 radical (unpaired) electrons. The Labute approximate surface area is 145 Å². The number of hydrogen-bond acceptors (Lipinski definition) is 4. The van der Waals surface area contributed by atoms with Crippen LogP contribution in [-0.4, -0.2) is 18.7 Å². The Morgan fingerprint density at radius 1 is 1.36 bits per heavy atom. The van der Waals surface area contributed by atoms with E-state index in [4.69, 9.17) is 9.15 Å². The van der Waals surface area contributed by atoms with E-state index in [-0.39, 0.29) is 12.5 Å². The molecule has 0 spiro atoms. The number of benzene rings is 1. The summed E-state index contributed by atoms with van der Waals surface area (Å²) in [6.45, 7) is 3.61. The first-order chi connectivity index (χ1) is 10.5. The molecule has 1 aromatic carbocycles. The lowest BCUT2D eigenvalue weighted by Gasteiger charge is -2.10. The van der Waals surface area contributed by atoms with Gasteiger partial charge in [0.1, 0.15) is 17.3 Å². The van der Waals surface area contributed by atoms with Gasteiger partial charge in [0.2, 0.25) is 0 Å². The highest BCUT2D eigenvalue weighted by Gasteiger charge is 2.09. The molecule has 0 unspecified atom stereocenters. The lowest BCUT2D eigenvalue weighted by Crippen LogP contribution is -2.24. The zero-order valence-corrected chi connectivity index (χ0v) is 15.2. The maximum Gasteiger partial charge on any atom is 0.277 e. The second-order valence-corrected chi connectivity index (χ2v) is 6.33. The number of hydrogen-bond donors (Lipinski definition) is 1. The van der Waals surface area contributed by atoms with Crippen molar-refractivity contribution in [1.29, 1.82) is 0 Å². The number of rotatable bonds is 5. The van der Waals surface area contributed by atoms with E-state index in [1.807, 2.05) is 32.0 Å². The topological polar surface area (TPSA) is 63.8 Å². The average molecular weight is 430 g/mol. The van der Waals surface area contributed by atoms with E-state index < -0.39 is 0 Å². The molecule has 1 amide bonds. The molecule has 0 fully saturated rings. The van der Waals surface area contributed by atoms with Crippen molar-refractivity contribution in [3.05, 3.63) is 50.3 Å². The molecule has 1 heterocycles. The van der Waals surface area contributed by atoms with Gasteiger partial charge in [0.05, 0.1) is 10.7 Å². The smallest absolute Gasteiger partial charge is 0.277 e. The predicted octanol–water partition coefficient (Wildman–Crippen LogP) is 3.95. The van der Waals surface area contributed by atoms with Crippen LogP contribution >= 0.6 is 31.9 Å². The normalized spacial score (nSPS) is 10.9. The van der Waals surface area contributed by atoms with Crippen LogP contribution in [0.4, 0.5) is 0 Å². The molecule has 0 saturated carbocycles. The van der Waals surface area contributed by atoms with Gasteiger partial charge in [-0.15, -0.1) is 0 Å². The van der Waals surface area contributed by atoms with Crippen LogP contribution < -0.4 is 10.2 Å². The summed E-state index contributed by atoms with van der Waals surface area (Å²) in [6, 6.07) is 7.36. The number of ether oxygens (including phenoxy) is 1. The van der Waals surface area contributed by atoms with Crippen LogP contribution in [0.1, 0.15) is 17.1 Å². The Bertz CT molecular complexity index is 688. The Balaban J connectivity index is 1.87. The number of hydrazone groups is 1. The Hall–Kier alpha value is -1.60. The van der Waals surface area contributed by atoms with Crippen molar-refractivity contribution in [2.75, 3.05) is 6.61 Å². The monoisotopic (exact) mass is 428 g/mol. The Kier molecular flexibility index (Phi) is 5.79. The molecule has 7 heteroatoms. The first-order valence-corrected chi connectivity index (χ1v) is 8.01. The van der Waals surface area contributed by atoms with Gasteiger partial charge in [-0.3, -0.25) is 4.79 Å². The van der Waals surface area contributed by atoms with Gasteiger partial charge < -0.3 is 9.15 Å². The molecule has 2 aromatic rings. The van der Waals surface area contributed by atoms with E-state index in [1.54, 1.807) is 6.07 Å². The van der Waals surface area contributed by atoms with Crippen molar-refractivity contribution in [2.45, 2.75) is 13.8 Å². The molecule has 0 bridgehead atoms. The number of nitrogens with zero attached hydrogens (tertiary/aromatic N) is 1. The number of furan rings is 1. The van der Waals surface area contributed by atoms with Crippen LogP contribution in [0.3, 0.4) is 0 Å². The quantitative estimate of drug-likeness (QED) is 0.578. The standard InChI is InChI=1S/C15H14Br2N2O3/c1-9-5-11(16)6-13(17)15(9)21-8-14(20)19-18-7-12-4-3-10(2)22-12/h3-7H,8H2,1-2H3,(H,19,20)/b18-7+. The molecule has 0 aliphatic carbocycles. The van der Waals surface area contributed by atoms with E-state index in [1.165, 1.54) is 6.21 Å². The van der Waals surface area contributed by atoms with Gasteiger partial charge in [-0.1, -0.05) is 15.9 Å². The first-order valence-electron chi connectivity index (χ1n) is 6.42. The summed E-state index contributed by atoms with van der Waals surface area (Å²) in [7, 11) is 0. The van der Waals surface area contributed by atoms with Crippen LogP contribution in [-0.2, 0) is 4.79 Å². The molecule has 0 aliphatic heterocycles. The Morgan fingerprint density at radius 3 is 2.77 bits per heavy atom. The minimum absolute atomic E-state index is 0.129. The molecular formula is C15H14Br2N2O3. The molecule has 22 heavy (non-hydrogen) atoms. The average Bonchev–Trinajstić information content (AvgIpc) is 2.83. The van der Waals surface area contributed by atoms with Crippen LogP contribution in [0.15, 0.2) is 42.7 Å². The van der Waals surface area contributed by atoms with E-state index in [2.05, 4.69) is 42.4 Å². The van der Waals surface area contributed by atoms with E-state index >= 15 is 0 Å². The van der Waals surface area contributed by atoms with Crippen molar-refractivity contribution in [3.8, 4) is 5.75 Å². The van der Waals surface area contributed by atoms with Gasteiger partial charge >= 0.3 is 0 Å². The molecule has 5 nitrogen and oxygen atoms in total. The van der Waals surface area contributed by atoms with Crippen molar-refractivity contribution >= 4 is 44.0 Å². The molecule has 1 N–H and O–H groups in total. The van der Waals surface area contributed by atoms with Crippen LogP contribution in [0.5, 0.6) is 5.75 Å². The fraction of sp³-hybridized carbons (Fsp3) is 0.200. The third-order valence-electron chi connectivity index (χ3n) is 2.68. The predicted molar refractivity (Wildman–Crippen MR) is 91.3 cm³/mol. The fourth-order valence-electron chi connectivity index (χ4n) is 1.73. The lowest BCUT2D eigenvalue weighted by atomic mass is 10.2. The van der Waals surface area contributed by atoms with Crippen molar-refractivity contribution in [2.24, 2.45) is 5.10 Å². The second-order valence-electron chi connectivity index (χ2n) is 4.56. The number of amides is 1. The highest BCUT2D eigenvalue weighted by molar-refractivity contribution is 9.11. The van der Waals surface area contributed by atoms with E-state index in [0.29, 0.717) is 11.5 Å². The second kappa shape index (κ2) is 7.60. The Morgan fingerprint density at radius 2 is 2.14 bits per heavy atom. The summed E-state index contributed by atoms with van der Waals surface area (Å²) in [4.78, 5) is 11.7. The number of halogens is 2. The van der Waals surface area contributed by atoms with Crippen molar-refractivity contribution in [3.63, 3.8) is 0 Å². The van der Waals surface area contributed by atoms with Crippen molar-refractivity contribution < 1.29 is 13.9 Å². The van der Waals surface area contributed by atoms with Gasteiger partial charge in [0.15, 0.2) is 6.61 Å². The van der Waals surface area contributed by atoms with Gasteiger partial charge in [0.25, 0.3) is 5.91 Å². The molecular weight excluding hydrogens is 416 g/mol. The van der Waals surface area contributed by atoms with Crippen LogP contribution in [0.25, 0.3) is 0 Å². The first kappa shape index (κ1) is 16.8. The molecule has 0 aliphatic rings. The zero-order valence-electron chi connectivity index (χ0n) is 12.0. The summed E-state index contributed by atoms with van der Waals surface area (Å²) in [5.74, 6) is 1.63. The summed E-state index contributed by atoms with van der Waals surface area (Å²) >= 11 is 6.80. The van der Waals surface area contributed by atoms with Crippen LogP contribution in [0.2, 0.25) is 0 Å². The highest BCUT2D eigenvalue weighted by atomic mass is 79.9. The van der Waals surface area contributed by atoms with E-state index in [9.17, 15) is 4.79 Å². The third-order valence-corrected chi connectivity index (χ3v) is 3.73. The maximum atomic E-state index is 11.7. The summed E-state index contributed by atoms with van der Waals surface area (Å²) in [5.41, 5.74) is 3.30. The van der Waals surface area contributed by atoms with E-state index in [0.717, 1.165) is 20.3 Å². The van der Waals surface area contributed by atoms with Gasteiger partial charge in [-0.2, -0.15) is 5.10 Å². The molecule has 2 rings (SSSR count). The number of aryl methyl sites for hydroxylation is 2. The highest BCUT2D eigenvalue weighted by Crippen LogP contribution is 2.32. The minimum atomic E-state index is -0.353. The summed E-state index contributed by atoms with van der Waals surface area (Å²) < 4.78 is 12.5. The van der Waals surface area contributed by atoms with Crippen molar-refractivity contribution in [1.82, 2.24) is 5.43 Å². The number of nitrogens with one attached hydrogen (secondary N) is 1. The number of carbonyl (C=O) groups is 1. The molecule has 116 valence electrons. The molecule has 0 atom stereocenters. The van der Waals surface area contributed by atoms with Gasteiger partial charge in [-0.05, 0) is 59.6 Å². The van der Waals surface area contributed by atoms with Gasteiger partial charge in [0, 0.05) is 4.47 Å². The maximum absolute atomic E-state index is 11.7. The minimum Gasteiger partial charge on any atom is -0.482 e. The molecule has 0 saturated heterocycles. The SMILES string of the molecule is Cc1ccc(/C=N/NC(=O)COc2c(C)cc(Br)cc2Br)o1. The van der Waals surface area contributed by atoms with Gasteiger partial charge in [-0.25, -0.2) is 5.43 Å². The fourth-order valence-corrected chi connectivity index (χ4v) is 3.29. The summed E-state index contributed by atoms with van der Waals surface area (Å²) in [6.07, 6.45) is 1.44. The largest absolute Gasteiger partial charge is 0.482 e. The summed E-state index contributed by atoms with van der Waals surface area (Å²) in [5, 5.41) is 3.81. The molecule has 1 aromatic heterocycles.